The van der Waals surface area contributed by atoms with Crippen molar-refractivity contribution in [3.8, 4) is 0 Å². The van der Waals surface area contributed by atoms with Crippen LogP contribution in [0.2, 0.25) is 0 Å². The highest BCUT2D eigenvalue weighted by molar-refractivity contribution is 7.17. The van der Waals surface area contributed by atoms with Crippen molar-refractivity contribution in [1.82, 2.24) is 0 Å². The van der Waals surface area contributed by atoms with E-state index in [-0.39, 0.29) is 0 Å². The average molecular weight is 274 g/mol. The molecule has 1 heteroatoms. The van der Waals surface area contributed by atoms with E-state index in [2.05, 4.69) is 45.2 Å². The van der Waals surface area contributed by atoms with Crippen LogP contribution >= 0.6 is 11.3 Å². The SMILES string of the molecule is CCCCCc1ccc(CC(C)C)c2c(C)csc12. The van der Waals surface area contributed by atoms with Crippen molar-refractivity contribution in [2.45, 2.75) is 59.8 Å². The van der Waals surface area contributed by atoms with Gasteiger partial charge in [0.15, 0.2) is 0 Å². The Morgan fingerprint density at radius 1 is 1.11 bits per heavy atom. The summed E-state index contributed by atoms with van der Waals surface area (Å²) in [5.41, 5.74) is 4.57. The lowest BCUT2D eigenvalue weighted by molar-refractivity contribution is 0.650. The molecule has 0 amide bonds. The second-order valence-electron chi connectivity index (χ2n) is 6.06. The molecule has 104 valence electrons. The van der Waals surface area contributed by atoms with E-state index in [1.807, 2.05) is 11.3 Å². The van der Waals surface area contributed by atoms with Crippen LogP contribution < -0.4 is 0 Å². The lowest BCUT2D eigenvalue weighted by Crippen LogP contribution is -1.96. The molecule has 0 spiro atoms. The maximum Gasteiger partial charge on any atom is 0.0380 e. The van der Waals surface area contributed by atoms with E-state index in [1.165, 1.54) is 37.7 Å². The Labute approximate surface area is 121 Å². The van der Waals surface area contributed by atoms with Gasteiger partial charge in [0.1, 0.15) is 0 Å². The van der Waals surface area contributed by atoms with Crippen LogP contribution in [0.4, 0.5) is 0 Å². The summed E-state index contributed by atoms with van der Waals surface area (Å²) in [6, 6.07) is 4.76. The molecule has 2 aromatic rings. The van der Waals surface area contributed by atoms with Gasteiger partial charge in [-0.1, -0.05) is 45.7 Å². The summed E-state index contributed by atoms with van der Waals surface area (Å²) in [6.45, 7) is 9.15. The van der Waals surface area contributed by atoms with Crippen molar-refractivity contribution in [2.24, 2.45) is 5.92 Å². The Morgan fingerprint density at radius 3 is 2.53 bits per heavy atom. The van der Waals surface area contributed by atoms with Crippen LogP contribution in [0.5, 0.6) is 0 Å². The minimum Gasteiger partial charge on any atom is -0.143 e. The van der Waals surface area contributed by atoms with E-state index in [1.54, 1.807) is 21.2 Å². The topological polar surface area (TPSA) is 0 Å². The van der Waals surface area contributed by atoms with Crippen LogP contribution in [0.15, 0.2) is 17.5 Å². The fourth-order valence-corrected chi connectivity index (χ4v) is 3.96. The first-order chi connectivity index (χ1) is 9.13. The van der Waals surface area contributed by atoms with E-state index in [4.69, 9.17) is 0 Å². The van der Waals surface area contributed by atoms with Gasteiger partial charge in [0.05, 0.1) is 0 Å². The van der Waals surface area contributed by atoms with Gasteiger partial charge < -0.3 is 0 Å². The summed E-state index contributed by atoms with van der Waals surface area (Å²) in [5.74, 6) is 0.730. The number of benzene rings is 1. The third-order valence-corrected chi connectivity index (χ3v) is 4.92. The second kappa shape index (κ2) is 6.56. The third kappa shape index (κ3) is 3.39. The highest BCUT2D eigenvalue weighted by Crippen LogP contribution is 2.33. The molecule has 0 fully saturated rings. The quantitative estimate of drug-likeness (QED) is 0.555. The number of rotatable bonds is 6. The van der Waals surface area contributed by atoms with E-state index in [0.29, 0.717) is 0 Å². The summed E-state index contributed by atoms with van der Waals surface area (Å²) in [4.78, 5) is 0. The summed E-state index contributed by atoms with van der Waals surface area (Å²) in [6.07, 6.45) is 6.42. The van der Waals surface area contributed by atoms with Gasteiger partial charge in [0.25, 0.3) is 0 Å². The fourth-order valence-electron chi connectivity index (χ4n) is 2.81. The van der Waals surface area contributed by atoms with E-state index >= 15 is 0 Å². The molecular weight excluding hydrogens is 248 g/mol. The highest BCUT2D eigenvalue weighted by atomic mass is 32.1. The maximum atomic E-state index is 2.38. The zero-order valence-corrected chi connectivity index (χ0v) is 13.6. The van der Waals surface area contributed by atoms with Crippen LogP contribution in [0.1, 0.15) is 56.7 Å². The molecule has 1 aromatic heterocycles. The molecule has 0 bridgehead atoms. The van der Waals surface area contributed by atoms with Crippen molar-refractivity contribution in [3.05, 3.63) is 34.2 Å². The molecule has 1 aromatic carbocycles. The molecule has 0 aliphatic rings. The Bertz CT molecular complexity index is 534. The lowest BCUT2D eigenvalue weighted by Gasteiger charge is -2.11. The van der Waals surface area contributed by atoms with Crippen LogP contribution in [0.25, 0.3) is 10.1 Å². The van der Waals surface area contributed by atoms with Gasteiger partial charge >= 0.3 is 0 Å². The van der Waals surface area contributed by atoms with Crippen molar-refractivity contribution >= 4 is 21.4 Å². The van der Waals surface area contributed by atoms with Crippen molar-refractivity contribution in [2.75, 3.05) is 0 Å². The Hall–Kier alpha value is -0.820. The predicted molar refractivity (Wildman–Crippen MR) is 88.3 cm³/mol. The number of aryl methyl sites for hydroxylation is 2. The Morgan fingerprint density at radius 2 is 1.84 bits per heavy atom. The van der Waals surface area contributed by atoms with E-state index in [0.717, 1.165) is 5.92 Å². The molecule has 0 radical (unpaired) electrons. The van der Waals surface area contributed by atoms with Gasteiger partial charge in [-0.2, -0.15) is 0 Å². The molecule has 19 heavy (non-hydrogen) atoms. The molecule has 0 saturated carbocycles. The number of hydrogen-bond donors (Lipinski definition) is 0. The molecule has 0 atom stereocenters. The molecule has 0 aliphatic carbocycles. The van der Waals surface area contributed by atoms with Gasteiger partial charge in [0, 0.05) is 4.70 Å². The molecule has 0 aliphatic heterocycles. The van der Waals surface area contributed by atoms with Gasteiger partial charge in [-0.15, -0.1) is 11.3 Å². The second-order valence-corrected chi connectivity index (χ2v) is 6.94. The van der Waals surface area contributed by atoms with Crippen LogP contribution in [0, 0.1) is 12.8 Å². The smallest absolute Gasteiger partial charge is 0.0380 e. The molecule has 2 rings (SSSR count). The van der Waals surface area contributed by atoms with Gasteiger partial charge in [0.2, 0.25) is 0 Å². The Balaban J connectivity index is 2.35. The first-order valence-corrected chi connectivity index (χ1v) is 8.50. The molecule has 1 heterocycles. The molecule has 0 N–H and O–H groups in total. The zero-order valence-electron chi connectivity index (χ0n) is 12.8. The maximum absolute atomic E-state index is 2.38. The first kappa shape index (κ1) is 14.6. The molecule has 0 nitrogen and oxygen atoms in total. The minimum absolute atomic E-state index is 0.730. The number of hydrogen-bond acceptors (Lipinski definition) is 1. The number of unbranched alkanes of at least 4 members (excludes halogenated alkanes) is 2. The lowest BCUT2D eigenvalue weighted by atomic mass is 9.95. The summed E-state index contributed by atoms with van der Waals surface area (Å²) < 4.78 is 1.55. The summed E-state index contributed by atoms with van der Waals surface area (Å²) in [5, 5.41) is 3.88. The average Bonchev–Trinajstić information content (AvgIpc) is 2.74. The van der Waals surface area contributed by atoms with Gasteiger partial charge in [-0.05, 0) is 59.6 Å². The van der Waals surface area contributed by atoms with E-state index < -0.39 is 0 Å². The first-order valence-electron chi connectivity index (χ1n) is 7.62. The standard InChI is InChI=1S/C18H26S/c1-5-6-7-8-15-9-10-16(11-13(2)3)17-14(4)12-19-18(15)17/h9-10,12-13H,5-8,11H2,1-4H3. The number of fused-ring (bicyclic) bond motifs is 1. The van der Waals surface area contributed by atoms with Gasteiger partial charge in [-0.25, -0.2) is 0 Å². The monoisotopic (exact) mass is 274 g/mol. The fraction of sp³-hybridized carbons (Fsp3) is 0.556. The summed E-state index contributed by atoms with van der Waals surface area (Å²) in [7, 11) is 0. The van der Waals surface area contributed by atoms with Crippen LogP contribution in [-0.4, -0.2) is 0 Å². The van der Waals surface area contributed by atoms with Crippen molar-refractivity contribution < 1.29 is 0 Å². The van der Waals surface area contributed by atoms with Crippen LogP contribution in [-0.2, 0) is 12.8 Å². The summed E-state index contributed by atoms with van der Waals surface area (Å²) >= 11 is 1.94. The number of thiophene rings is 1. The minimum atomic E-state index is 0.730. The highest BCUT2D eigenvalue weighted by Gasteiger charge is 2.11. The molecular formula is C18H26S. The Kier molecular flexibility index (Phi) is 5.04. The molecule has 0 unspecified atom stereocenters. The van der Waals surface area contributed by atoms with Crippen molar-refractivity contribution in [3.63, 3.8) is 0 Å². The normalized spacial score (nSPS) is 11.6. The third-order valence-electron chi connectivity index (χ3n) is 3.75. The predicted octanol–water partition coefficient (Wildman–Crippen LogP) is 6.14. The van der Waals surface area contributed by atoms with Crippen LogP contribution in [0.3, 0.4) is 0 Å². The molecule has 0 saturated heterocycles. The zero-order chi connectivity index (χ0) is 13.8. The van der Waals surface area contributed by atoms with Gasteiger partial charge in [-0.3, -0.25) is 0 Å². The largest absolute Gasteiger partial charge is 0.143 e. The van der Waals surface area contributed by atoms with Crippen molar-refractivity contribution in [1.29, 1.82) is 0 Å². The van der Waals surface area contributed by atoms with E-state index in [9.17, 15) is 0 Å².